The zero-order valence-electron chi connectivity index (χ0n) is 14.1. The molecule has 0 spiro atoms. The molecule has 0 bridgehead atoms. The molecule has 0 aliphatic carbocycles. The second-order valence-corrected chi connectivity index (χ2v) is 7.78. The minimum absolute atomic E-state index is 0.0405. The van der Waals surface area contributed by atoms with E-state index in [-0.39, 0.29) is 17.4 Å². The van der Waals surface area contributed by atoms with Crippen LogP contribution in [0.5, 0.6) is 5.75 Å². The molecule has 1 aromatic rings. The lowest BCUT2D eigenvalue weighted by atomic mass is 9.97. The molecule has 0 aromatic heterocycles. The Bertz CT molecular complexity index is 621. The molecular formula is C16H21Br2NO5. The number of carbonyl (C=O) groups excluding carboxylic acids is 1. The van der Waals surface area contributed by atoms with Crippen LogP contribution in [0.15, 0.2) is 12.1 Å². The molecule has 134 valence electrons. The van der Waals surface area contributed by atoms with Gasteiger partial charge < -0.3 is 9.47 Å². The third kappa shape index (κ3) is 4.92. The second kappa shape index (κ2) is 8.80. The molecule has 0 fully saturated rings. The standard InChI is InChI=1S/C16H21Br2NO5/c1-10(2)12-9-13(19(21)22)14(8-11(12)3)24-16(18,6-5-7-17)15(20)23-4/h8-10H,5-7H2,1-4H3. The van der Waals surface area contributed by atoms with Crippen LogP contribution in [0.2, 0.25) is 0 Å². The maximum absolute atomic E-state index is 12.1. The van der Waals surface area contributed by atoms with Gasteiger partial charge in [-0.05, 0) is 52.4 Å². The Morgan fingerprint density at radius 1 is 1.42 bits per heavy atom. The van der Waals surface area contributed by atoms with Gasteiger partial charge in [-0.15, -0.1) is 0 Å². The first-order valence-corrected chi connectivity index (χ1v) is 9.39. The van der Waals surface area contributed by atoms with Crippen molar-refractivity contribution in [2.45, 2.75) is 44.0 Å². The van der Waals surface area contributed by atoms with Gasteiger partial charge >= 0.3 is 11.7 Å². The Kier molecular flexibility index (Phi) is 7.66. The first-order chi connectivity index (χ1) is 11.2. The first kappa shape index (κ1) is 20.9. The maximum atomic E-state index is 12.1. The Morgan fingerprint density at radius 3 is 2.50 bits per heavy atom. The molecule has 0 aliphatic heterocycles. The minimum Gasteiger partial charge on any atom is -0.465 e. The van der Waals surface area contributed by atoms with Crippen molar-refractivity contribution in [1.29, 1.82) is 0 Å². The van der Waals surface area contributed by atoms with Crippen LogP contribution in [0, 0.1) is 17.0 Å². The number of alkyl halides is 2. The molecule has 0 aliphatic rings. The van der Waals surface area contributed by atoms with Gasteiger partial charge in [0, 0.05) is 17.8 Å². The van der Waals surface area contributed by atoms with Gasteiger partial charge in [-0.3, -0.25) is 10.1 Å². The number of carbonyl (C=O) groups is 1. The summed E-state index contributed by atoms with van der Waals surface area (Å²) in [4.78, 5) is 23.0. The first-order valence-electron chi connectivity index (χ1n) is 7.47. The number of nitro groups is 1. The monoisotopic (exact) mass is 465 g/mol. The van der Waals surface area contributed by atoms with Crippen LogP contribution < -0.4 is 4.74 Å². The number of hydrogen-bond acceptors (Lipinski definition) is 5. The van der Waals surface area contributed by atoms with Crippen LogP contribution in [0.3, 0.4) is 0 Å². The van der Waals surface area contributed by atoms with Crippen molar-refractivity contribution in [3.8, 4) is 5.75 Å². The zero-order chi connectivity index (χ0) is 18.5. The third-order valence-corrected chi connectivity index (χ3v) is 5.00. The fourth-order valence-corrected chi connectivity index (χ4v) is 3.25. The minimum atomic E-state index is -1.47. The van der Waals surface area contributed by atoms with Crippen molar-refractivity contribution in [1.82, 2.24) is 0 Å². The van der Waals surface area contributed by atoms with E-state index in [0.717, 1.165) is 11.1 Å². The number of halogens is 2. The molecule has 1 aromatic carbocycles. The van der Waals surface area contributed by atoms with Crippen LogP contribution in [0.25, 0.3) is 0 Å². The van der Waals surface area contributed by atoms with Gasteiger partial charge in [0.1, 0.15) is 0 Å². The molecule has 6 nitrogen and oxygen atoms in total. The normalized spacial score (nSPS) is 13.5. The predicted molar refractivity (Wildman–Crippen MR) is 99.3 cm³/mol. The van der Waals surface area contributed by atoms with Gasteiger partial charge in [-0.1, -0.05) is 29.8 Å². The number of hydrogen-bond donors (Lipinski definition) is 0. The summed E-state index contributed by atoms with van der Waals surface area (Å²) in [5.74, 6) is -0.456. The summed E-state index contributed by atoms with van der Waals surface area (Å²) in [5.41, 5.74) is 1.56. The molecule has 24 heavy (non-hydrogen) atoms. The lowest BCUT2D eigenvalue weighted by Gasteiger charge is -2.26. The second-order valence-electron chi connectivity index (χ2n) is 5.70. The van der Waals surface area contributed by atoms with Crippen LogP contribution in [-0.2, 0) is 9.53 Å². The number of nitrogens with zero attached hydrogens (tertiary/aromatic N) is 1. The lowest BCUT2D eigenvalue weighted by molar-refractivity contribution is -0.386. The molecule has 8 heteroatoms. The number of nitro benzene ring substituents is 1. The van der Waals surface area contributed by atoms with E-state index in [2.05, 4.69) is 31.9 Å². The van der Waals surface area contributed by atoms with E-state index in [4.69, 9.17) is 9.47 Å². The van der Waals surface area contributed by atoms with Gasteiger partial charge in [-0.25, -0.2) is 4.79 Å². The van der Waals surface area contributed by atoms with Crippen molar-refractivity contribution >= 4 is 43.5 Å². The SMILES string of the molecule is COC(=O)C(Br)(CCCBr)Oc1cc(C)c(C(C)C)cc1[N+](=O)[O-]. The van der Waals surface area contributed by atoms with E-state index in [0.29, 0.717) is 18.2 Å². The van der Waals surface area contributed by atoms with E-state index in [1.165, 1.54) is 13.2 Å². The molecule has 0 saturated heterocycles. The van der Waals surface area contributed by atoms with Crippen molar-refractivity contribution in [3.63, 3.8) is 0 Å². The number of methoxy groups -OCH3 is 1. The highest BCUT2D eigenvalue weighted by atomic mass is 79.9. The summed E-state index contributed by atoms with van der Waals surface area (Å²) in [6, 6.07) is 3.10. The van der Waals surface area contributed by atoms with E-state index in [1.807, 2.05) is 20.8 Å². The molecule has 0 heterocycles. The smallest absolute Gasteiger partial charge is 0.361 e. The Hall–Kier alpha value is -1.15. The van der Waals surface area contributed by atoms with Crippen LogP contribution in [-0.4, -0.2) is 27.8 Å². The van der Waals surface area contributed by atoms with Crippen molar-refractivity contribution in [2.24, 2.45) is 0 Å². The summed E-state index contributed by atoms with van der Waals surface area (Å²) in [6.07, 6.45) is 0.921. The van der Waals surface area contributed by atoms with E-state index in [1.54, 1.807) is 6.07 Å². The molecule has 1 rings (SSSR count). The quantitative estimate of drug-likeness (QED) is 0.237. The zero-order valence-corrected chi connectivity index (χ0v) is 17.3. The maximum Gasteiger partial charge on any atom is 0.361 e. The molecule has 1 atom stereocenters. The topological polar surface area (TPSA) is 78.7 Å². The fourth-order valence-electron chi connectivity index (χ4n) is 2.35. The van der Waals surface area contributed by atoms with Gasteiger partial charge in [0.15, 0.2) is 5.75 Å². The fraction of sp³-hybridized carbons (Fsp3) is 0.562. The summed E-state index contributed by atoms with van der Waals surface area (Å²) in [6.45, 7) is 5.79. The highest BCUT2D eigenvalue weighted by Crippen LogP contribution is 2.38. The predicted octanol–water partition coefficient (Wildman–Crippen LogP) is 4.84. The summed E-state index contributed by atoms with van der Waals surface area (Å²) >= 11 is 6.56. The Labute approximate surface area is 158 Å². The number of esters is 1. The highest BCUT2D eigenvalue weighted by molar-refractivity contribution is 9.10. The van der Waals surface area contributed by atoms with Crippen LogP contribution in [0.4, 0.5) is 5.69 Å². The number of rotatable bonds is 8. The van der Waals surface area contributed by atoms with Crippen molar-refractivity contribution in [3.05, 3.63) is 33.4 Å². The molecular weight excluding hydrogens is 446 g/mol. The Morgan fingerprint density at radius 2 is 2.04 bits per heavy atom. The number of ether oxygens (including phenoxy) is 2. The Balaban J connectivity index is 3.35. The molecule has 1 unspecified atom stereocenters. The summed E-state index contributed by atoms with van der Waals surface area (Å²) in [5, 5.41) is 12.1. The summed E-state index contributed by atoms with van der Waals surface area (Å²) < 4.78 is 9.06. The highest BCUT2D eigenvalue weighted by Gasteiger charge is 2.40. The van der Waals surface area contributed by atoms with Crippen molar-refractivity contribution < 1.29 is 19.2 Å². The van der Waals surface area contributed by atoms with Crippen LogP contribution >= 0.6 is 31.9 Å². The average Bonchev–Trinajstić information content (AvgIpc) is 2.51. The van der Waals surface area contributed by atoms with Crippen LogP contribution in [0.1, 0.15) is 43.7 Å². The van der Waals surface area contributed by atoms with Gasteiger partial charge in [-0.2, -0.15) is 0 Å². The summed E-state index contributed by atoms with van der Waals surface area (Å²) in [7, 11) is 1.25. The number of benzene rings is 1. The lowest BCUT2D eigenvalue weighted by Crippen LogP contribution is -2.39. The molecule has 0 saturated carbocycles. The average molecular weight is 467 g/mol. The molecule has 0 amide bonds. The van der Waals surface area contributed by atoms with Gasteiger partial charge in [0.2, 0.25) is 0 Å². The third-order valence-electron chi connectivity index (χ3n) is 3.56. The number of aryl methyl sites for hydroxylation is 1. The van der Waals surface area contributed by atoms with Gasteiger partial charge in [0.25, 0.3) is 4.51 Å². The van der Waals surface area contributed by atoms with Gasteiger partial charge in [0.05, 0.1) is 12.0 Å². The largest absolute Gasteiger partial charge is 0.465 e. The molecule has 0 N–H and O–H groups in total. The molecule has 0 radical (unpaired) electrons. The van der Waals surface area contributed by atoms with E-state index < -0.39 is 15.4 Å². The van der Waals surface area contributed by atoms with Crippen molar-refractivity contribution in [2.75, 3.05) is 12.4 Å². The van der Waals surface area contributed by atoms with E-state index in [9.17, 15) is 14.9 Å². The van der Waals surface area contributed by atoms with E-state index >= 15 is 0 Å².